The zero-order valence-electron chi connectivity index (χ0n) is 14.2. The molecule has 0 bridgehead atoms. The van der Waals surface area contributed by atoms with Crippen LogP contribution in [0.2, 0.25) is 0 Å². The molecule has 128 valence electrons. The Bertz CT molecular complexity index is 1090. The lowest BCUT2D eigenvalue weighted by molar-refractivity contribution is 0.0794. The quantitative estimate of drug-likeness (QED) is 0.564. The fraction of sp³-hybridized carbons (Fsp3) is 0.150. The molecular formula is C20H16N4OS. The summed E-state index contributed by atoms with van der Waals surface area (Å²) in [7, 11) is 0. The number of carbonyl (C=O) groups is 1. The maximum Gasteiger partial charge on any atom is 0.254 e. The lowest BCUT2D eigenvalue weighted by Crippen LogP contribution is -2.25. The van der Waals surface area contributed by atoms with Crippen LogP contribution in [-0.4, -0.2) is 33.8 Å². The van der Waals surface area contributed by atoms with Gasteiger partial charge in [0.15, 0.2) is 0 Å². The van der Waals surface area contributed by atoms with E-state index in [1.54, 1.807) is 16.7 Å². The normalized spacial score (nSPS) is 13.1. The third-order valence-electron chi connectivity index (χ3n) is 4.61. The van der Waals surface area contributed by atoms with Crippen LogP contribution >= 0.6 is 11.8 Å². The molecule has 6 heteroatoms. The molecule has 5 nitrogen and oxygen atoms in total. The lowest BCUT2D eigenvalue weighted by atomic mass is 9.96. The Hall–Kier alpha value is -3.04. The van der Waals surface area contributed by atoms with Crippen molar-refractivity contribution in [2.24, 2.45) is 0 Å². The van der Waals surface area contributed by atoms with Crippen LogP contribution in [-0.2, 0) is 6.54 Å². The molecule has 26 heavy (non-hydrogen) atoms. The Morgan fingerprint density at radius 1 is 1.38 bits per heavy atom. The summed E-state index contributed by atoms with van der Waals surface area (Å²) in [5, 5.41) is 18.4. The van der Waals surface area contributed by atoms with Gasteiger partial charge in [-0.2, -0.15) is 10.4 Å². The fourth-order valence-corrected chi connectivity index (χ4v) is 3.89. The van der Waals surface area contributed by atoms with Crippen LogP contribution in [0.3, 0.4) is 0 Å². The molecule has 0 unspecified atom stereocenters. The van der Waals surface area contributed by atoms with E-state index in [0.29, 0.717) is 17.7 Å². The number of aromatic nitrogens is 2. The largest absolute Gasteiger partial charge is 0.329 e. The Balaban J connectivity index is 1.78. The van der Waals surface area contributed by atoms with Gasteiger partial charge in [-0.05, 0) is 41.1 Å². The minimum absolute atomic E-state index is 0.0487. The SMILES string of the molecule is C=C(C#N)CN1Cc2c(cccc2-c2ccc3[nH]nc(SC)c3c2)C1=O. The maximum atomic E-state index is 12.7. The molecule has 0 atom stereocenters. The van der Waals surface area contributed by atoms with E-state index in [-0.39, 0.29) is 12.5 Å². The number of H-pyrrole nitrogens is 1. The van der Waals surface area contributed by atoms with E-state index in [2.05, 4.69) is 22.8 Å². The van der Waals surface area contributed by atoms with Gasteiger partial charge in [0.2, 0.25) is 0 Å². The number of aromatic amines is 1. The van der Waals surface area contributed by atoms with Gasteiger partial charge < -0.3 is 4.90 Å². The minimum atomic E-state index is -0.0487. The van der Waals surface area contributed by atoms with Crippen LogP contribution in [0.25, 0.3) is 22.0 Å². The summed E-state index contributed by atoms with van der Waals surface area (Å²) in [5.74, 6) is -0.0487. The lowest BCUT2D eigenvalue weighted by Gasteiger charge is -2.14. The van der Waals surface area contributed by atoms with E-state index in [0.717, 1.165) is 32.6 Å². The van der Waals surface area contributed by atoms with Gasteiger partial charge in [-0.25, -0.2) is 0 Å². The predicted molar refractivity (Wildman–Crippen MR) is 103 cm³/mol. The molecule has 1 aliphatic heterocycles. The Labute approximate surface area is 155 Å². The highest BCUT2D eigenvalue weighted by atomic mass is 32.2. The smallest absolute Gasteiger partial charge is 0.254 e. The van der Waals surface area contributed by atoms with Crippen LogP contribution < -0.4 is 0 Å². The Kier molecular flexibility index (Phi) is 4.02. The second-order valence-corrected chi connectivity index (χ2v) is 7.00. The van der Waals surface area contributed by atoms with E-state index in [1.807, 2.05) is 42.7 Å². The second kappa shape index (κ2) is 6.36. The highest BCUT2D eigenvalue weighted by molar-refractivity contribution is 7.98. The first-order chi connectivity index (χ1) is 12.6. The van der Waals surface area contributed by atoms with Crippen molar-refractivity contribution >= 4 is 28.6 Å². The molecule has 0 radical (unpaired) electrons. The molecule has 4 rings (SSSR count). The van der Waals surface area contributed by atoms with Crippen LogP contribution in [0.5, 0.6) is 0 Å². The summed E-state index contributed by atoms with van der Waals surface area (Å²) in [6.45, 7) is 4.45. The molecule has 1 aliphatic rings. The van der Waals surface area contributed by atoms with E-state index in [4.69, 9.17) is 5.26 Å². The van der Waals surface area contributed by atoms with Crippen molar-refractivity contribution in [3.05, 3.63) is 59.7 Å². The average molecular weight is 360 g/mol. The van der Waals surface area contributed by atoms with Crippen LogP contribution in [0, 0.1) is 11.3 Å². The van der Waals surface area contributed by atoms with E-state index < -0.39 is 0 Å². The van der Waals surface area contributed by atoms with Crippen LogP contribution in [0.15, 0.2) is 53.6 Å². The van der Waals surface area contributed by atoms with Crippen molar-refractivity contribution < 1.29 is 4.79 Å². The van der Waals surface area contributed by atoms with Gasteiger partial charge in [0, 0.05) is 23.1 Å². The van der Waals surface area contributed by atoms with Crippen molar-refractivity contribution in [3.63, 3.8) is 0 Å². The first-order valence-electron chi connectivity index (χ1n) is 8.14. The zero-order valence-corrected chi connectivity index (χ0v) is 15.1. The van der Waals surface area contributed by atoms with Gasteiger partial charge in [-0.3, -0.25) is 9.89 Å². The number of fused-ring (bicyclic) bond motifs is 2. The summed E-state index contributed by atoms with van der Waals surface area (Å²) in [5.41, 5.74) is 5.17. The molecule has 1 aromatic heterocycles. The van der Waals surface area contributed by atoms with E-state index in [1.165, 1.54) is 0 Å². The molecule has 0 aliphatic carbocycles. The van der Waals surface area contributed by atoms with E-state index >= 15 is 0 Å². The molecule has 0 spiro atoms. The number of rotatable bonds is 4. The summed E-state index contributed by atoms with van der Waals surface area (Å²) in [4.78, 5) is 14.3. The van der Waals surface area contributed by atoms with Gasteiger partial charge in [0.1, 0.15) is 5.03 Å². The highest BCUT2D eigenvalue weighted by Crippen LogP contribution is 2.35. The van der Waals surface area contributed by atoms with Gasteiger partial charge in [0.25, 0.3) is 5.91 Å². The number of hydrogen-bond donors (Lipinski definition) is 1. The maximum absolute atomic E-state index is 12.7. The Morgan fingerprint density at radius 2 is 2.19 bits per heavy atom. The number of nitrogens with zero attached hydrogens (tertiary/aromatic N) is 3. The number of benzene rings is 2. The highest BCUT2D eigenvalue weighted by Gasteiger charge is 2.29. The summed E-state index contributed by atoms with van der Waals surface area (Å²) in [6, 6.07) is 14.0. The minimum Gasteiger partial charge on any atom is -0.329 e. The first-order valence-corrected chi connectivity index (χ1v) is 9.36. The zero-order chi connectivity index (χ0) is 18.3. The summed E-state index contributed by atoms with van der Waals surface area (Å²) >= 11 is 1.60. The molecule has 2 aromatic carbocycles. The van der Waals surface area contributed by atoms with Crippen molar-refractivity contribution in [2.45, 2.75) is 11.6 Å². The standard InChI is InChI=1S/C20H16N4OS/c1-12(9-21)10-24-11-17-14(4-3-5-15(17)20(24)25)13-6-7-18-16(8-13)19(26-2)23-22-18/h3-8H,1,10-11H2,2H3,(H,22,23). The van der Waals surface area contributed by atoms with Gasteiger partial charge >= 0.3 is 0 Å². The molecule has 3 aromatic rings. The molecule has 0 fully saturated rings. The second-order valence-electron chi connectivity index (χ2n) is 6.20. The number of amides is 1. The summed E-state index contributed by atoms with van der Waals surface area (Å²) < 4.78 is 0. The predicted octanol–water partition coefficient (Wildman–Crippen LogP) is 3.99. The fourth-order valence-electron chi connectivity index (χ4n) is 3.37. The molecule has 1 N–H and O–H groups in total. The van der Waals surface area contributed by atoms with Gasteiger partial charge in [-0.15, -0.1) is 11.8 Å². The van der Waals surface area contributed by atoms with Crippen molar-refractivity contribution in [1.82, 2.24) is 15.1 Å². The summed E-state index contributed by atoms with van der Waals surface area (Å²) in [6.07, 6.45) is 2.00. The Morgan fingerprint density at radius 3 is 2.96 bits per heavy atom. The van der Waals surface area contributed by atoms with E-state index in [9.17, 15) is 4.79 Å². The molecule has 0 saturated carbocycles. The number of carbonyl (C=O) groups excluding carboxylic acids is 1. The molecule has 1 amide bonds. The monoisotopic (exact) mass is 360 g/mol. The van der Waals surface area contributed by atoms with Gasteiger partial charge in [-0.1, -0.05) is 24.8 Å². The third-order valence-corrected chi connectivity index (χ3v) is 5.31. The van der Waals surface area contributed by atoms with Crippen molar-refractivity contribution in [3.8, 4) is 17.2 Å². The molecule has 2 heterocycles. The van der Waals surface area contributed by atoms with Crippen LogP contribution in [0.1, 0.15) is 15.9 Å². The van der Waals surface area contributed by atoms with Crippen molar-refractivity contribution in [2.75, 3.05) is 12.8 Å². The number of thioether (sulfide) groups is 1. The van der Waals surface area contributed by atoms with Crippen LogP contribution in [0.4, 0.5) is 0 Å². The van der Waals surface area contributed by atoms with Gasteiger partial charge in [0.05, 0.1) is 18.1 Å². The molecular weight excluding hydrogens is 344 g/mol. The third kappa shape index (κ3) is 2.57. The van der Waals surface area contributed by atoms with Crippen molar-refractivity contribution in [1.29, 1.82) is 5.26 Å². The first kappa shape index (κ1) is 16.4. The molecule has 0 saturated heterocycles. The number of hydrogen-bond acceptors (Lipinski definition) is 4. The number of nitrogens with one attached hydrogen (secondary N) is 1. The average Bonchev–Trinajstić information content (AvgIpc) is 3.22. The number of nitriles is 1. The topological polar surface area (TPSA) is 72.8 Å².